The third kappa shape index (κ3) is 1.29. The molecule has 0 aliphatic carbocycles. The Morgan fingerprint density at radius 3 is 2.64 bits per heavy atom. The minimum Gasteiger partial charge on any atom is -0.277 e. The Balaban J connectivity index is 2.80. The van der Waals surface area contributed by atoms with Crippen molar-refractivity contribution in [3.63, 3.8) is 0 Å². The molecule has 74 valence electrons. The first-order valence-corrected chi connectivity index (χ1v) is 4.62. The van der Waals surface area contributed by atoms with Gasteiger partial charge in [-0.3, -0.25) is 5.10 Å². The minimum atomic E-state index is -0.221. The van der Waals surface area contributed by atoms with Crippen molar-refractivity contribution in [1.29, 1.82) is 0 Å². The molecule has 0 fully saturated rings. The summed E-state index contributed by atoms with van der Waals surface area (Å²) in [7, 11) is 0. The van der Waals surface area contributed by atoms with Crippen molar-refractivity contribution in [1.82, 2.24) is 10.2 Å². The fraction of sp³-hybridized carbons (Fsp3) is 0.364. The lowest BCUT2D eigenvalue weighted by Gasteiger charge is -2.19. The number of nitrogens with one attached hydrogen (secondary N) is 1. The second-order valence-electron chi connectivity index (χ2n) is 4.50. The van der Waals surface area contributed by atoms with E-state index < -0.39 is 0 Å². The van der Waals surface area contributed by atoms with Crippen LogP contribution in [0.4, 0.5) is 4.39 Å². The molecule has 0 unspecified atom stereocenters. The van der Waals surface area contributed by atoms with Gasteiger partial charge in [0.05, 0.1) is 17.1 Å². The molecule has 0 aliphatic rings. The van der Waals surface area contributed by atoms with Gasteiger partial charge in [0.1, 0.15) is 5.82 Å². The van der Waals surface area contributed by atoms with E-state index in [1.165, 1.54) is 12.3 Å². The van der Waals surface area contributed by atoms with Crippen LogP contribution in [0.1, 0.15) is 26.3 Å². The molecule has 2 rings (SSSR count). The van der Waals surface area contributed by atoms with Crippen LogP contribution < -0.4 is 0 Å². The second-order valence-corrected chi connectivity index (χ2v) is 4.50. The molecule has 0 amide bonds. The zero-order valence-corrected chi connectivity index (χ0v) is 8.56. The molecule has 1 aromatic heterocycles. The van der Waals surface area contributed by atoms with Gasteiger partial charge in [-0.15, -0.1) is 0 Å². The number of fused-ring (bicyclic) bond motifs is 1. The Morgan fingerprint density at radius 1 is 1.29 bits per heavy atom. The second kappa shape index (κ2) is 2.80. The monoisotopic (exact) mass is 192 g/mol. The third-order valence-electron chi connectivity index (χ3n) is 2.37. The van der Waals surface area contributed by atoms with Gasteiger partial charge >= 0.3 is 0 Å². The Labute approximate surface area is 82.1 Å². The number of nitrogens with zero attached hydrogens (tertiary/aromatic N) is 1. The van der Waals surface area contributed by atoms with Gasteiger partial charge in [0, 0.05) is 0 Å². The highest BCUT2D eigenvalue weighted by molar-refractivity contribution is 5.82. The van der Waals surface area contributed by atoms with Gasteiger partial charge in [0.15, 0.2) is 0 Å². The maximum atomic E-state index is 13.3. The molecule has 2 nitrogen and oxygen atoms in total. The van der Waals surface area contributed by atoms with Crippen LogP contribution in [-0.2, 0) is 5.41 Å². The number of rotatable bonds is 0. The lowest BCUT2D eigenvalue weighted by molar-refractivity contribution is 0.590. The Hall–Kier alpha value is -1.38. The highest BCUT2D eigenvalue weighted by Gasteiger charge is 2.19. The lowest BCUT2D eigenvalue weighted by atomic mass is 9.86. The van der Waals surface area contributed by atoms with Crippen molar-refractivity contribution in [3.05, 3.63) is 29.7 Å². The minimum absolute atomic E-state index is 0.00150. The van der Waals surface area contributed by atoms with Crippen molar-refractivity contribution < 1.29 is 4.39 Å². The normalized spacial score (nSPS) is 12.3. The van der Waals surface area contributed by atoms with E-state index in [1.807, 2.05) is 6.07 Å². The molecule has 0 bridgehead atoms. The van der Waals surface area contributed by atoms with E-state index in [4.69, 9.17) is 0 Å². The maximum absolute atomic E-state index is 13.3. The van der Waals surface area contributed by atoms with Crippen molar-refractivity contribution in [2.45, 2.75) is 26.2 Å². The molecule has 1 heterocycles. The Kier molecular flexibility index (Phi) is 1.84. The van der Waals surface area contributed by atoms with Gasteiger partial charge in [-0.2, -0.15) is 5.10 Å². The topological polar surface area (TPSA) is 28.7 Å². The zero-order valence-electron chi connectivity index (χ0n) is 8.56. The van der Waals surface area contributed by atoms with E-state index in [2.05, 4.69) is 31.0 Å². The van der Waals surface area contributed by atoms with E-state index in [0.717, 1.165) is 11.1 Å². The first-order chi connectivity index (χ1) is 6.50. The molecular weight excluding hydrogens is 179 g/mol. The predicted octanol–water partition coefficient (Wildman–Crippen LogP) is 3.00. The number of halogens is 1. The van der Waals surface area contributed by atoms with Crippen molar-refractivity contribution in [2.24, 2.45) is 0 Å². The van der Waals surface area contributed by atoms with Crippen molar-refractivity contribution in [3.8, 4) is 0 Å². The molecule has 3 heteroatoms. The number of benzene rings is 1. The van der Waals surface area contributed by atoms with Crippen LogP contribution in [0.25, 0.3) is 10.9 Å². The van der Waals surface area contributed by atoms with Gasteiger partial charge in [-0.25, -0.2) is 4.39 Å². The number of H-pyrrole nitrogens is 1. The fourth-order valence-electron chi connectivity index (χ4n) is 1.63. The fourth-order valence-corrected chi connectivity index (χ4v) is 1.63. The average Bonchev–Trinajstić information content (AvgIpc) is 2.50. The average molecular weight is 192 g/mol. The van der Waals surface area contributed by atoms with Gasteiger partial charge < -0.3 is 0 Å². The van der Waals surface area contributed by atoms with E-state index >= 15 is 0 Å². The molecule has 0 atom stereocenters. The van der Waals surface area contributed by atoms with Gasteiger partial charge in [0.25, 0.3) is 0 Å². The molecule has 0 saturated heterocycles. The summed E-state index contributed by atoms with van der Waals surface area (Å²) >= 11 is 0. The maximum Gasteiger partial charge on any atom is 0.134 e. The molecule has 1 N–H and O–H groups in total. The number of aromatic nitrogens is 2. The molecular formula is C11H13FN2. The van der Waals surface area contributed by atoms with Crippen LogP contribution >= 0.6 is 0 Å². The number of aromatic amines is 1. The van der Waals surface area contributed by atoms with Crippen LogP contribution in [0.3, 0.4) is 0 Å². The van der Waals surface area contributed by atoms with E-state index in [1.54, 1.807) is 0 Å². The van der Waals surface area contributed by atoms with E-state index in [-0.39, 0.29) is 11.2 Å². The quantitative estimate of drug-likeness (QED) is 0.683. The Morgan fingerprint density at radius 2 is 2.00 bits per heavy atom. The summed E-state index contributed by atoms with van der Waals surface area (Å²) in [5, 5.41) is 7.28. The predicted molar refractivity (Wildman–Crippen MR) is 54.8 cm³/mol. The van der Waals surface area contributed by atoms with Gasteiger partial charge in [0.2, 0.25) is 0 Å². The van der Waals surface area contributed by atoms with Crippen molar-refractivity contribution in [2.75, 3.05) is 0 Å². The third-order valence-corrected chi connectivity index (χ3v) is 2.37. The molecule has 0 spiro atoms. The summed E-state index contributed by atoms with van der Waals surface area (Å²) in [5.74, 6) is -0.221. The smallest absolute Gasteiger partial charge is 0.134 e. The van der Waals surface area contributed by atoms with Crippen LogP contribution in [0.2, 0.25) is 0 Å². The molecule has 1 aromatic carbocycles. The van der Waals surface area contributed by atoms with E-state index in [9.17, 15) is 4.39 Å². The van der Waals surface area contributed by atoms with Crippen LogP contribution in [0.15, 0.2) is 18.3 Å². The van der Waals surface area contributed by atoms with E-state index in [0.29, 0.717) is 5.39 Å². The summed E-state index contributed by atoms with van der Waals surface area (Å²) in [4.78, 5) is 0. The summed E-state index contributed by atoms with van der Waals surface area (Å²) in [6.07, 6.45) is 1.53. The highest BCUT2D eigenvalue weighted by Crippen LogP contribution is 2.29. The highest BCUT2D eigenvalue weighted by atomic mass is 19.1. The summed E-state index contributed by atoms with van der Waals surface area (Å²) in [6, 6.07) is 3.31. The lowest BCUT2D eigenvalue weighted by Crippen LogP contribution is -2.11. The zero-order chi connectivity index (χ0) is 10.3. The van der Waals surface area contributed by atoms with Crippen LogP contribution in [0, 0.1) is 5.82 Å². The first kappa shape index (κ1) is 9.19. The molecule has 14 heavy (non-hydrogen) atoms. The van der Waals surface area contributed by atoms with Crippen molar-refractivity contribution >= 4 is 10.9 Å². The summed E-state index contributed by atoms with van der Waals surface area (Å²) < 4.78 is 13.3. The number of hydrogen-bond acceptors (Lipinski definition) is 1. The summed E-state index contributed by atoms with van der Waals surface area (Å²) in [6.45, 7) is 6.29. The van der Waals surface area contributed by atoms with Gasteiger partial charge in [-0.1, -0.05) is 26.8 Å². The Bertz CT molecular complexity index is 466. The molecule has 0 aliphatic heterocycles. The molecule has 0 radical (unpaired) electrons. The molecule has 0 saturated carbocycles. The first-order valence-electron chi connectivity index (χ1n) is 4.62. The van der Waals surface area contributed by atoms with Gasteiger partial charge in [-0.05, 0) is 17.0 Å². The number of hydrogen-bond donors (Lipinski definition) is 1. The standard InChI is InChI=1S/C11H13FN2/c1-11(2,3)8-4-5-9(12)7-6-13-14-10(7)8/h4-6H,1-3H3,(H,13,14). The molecule has 2 aromatic rings. The largest absolute Gasteiger partial charge is 0.277 e. The summed E-state index contributed by atoms with van der Waals surface area (Å²) in [5.41, 5.74) is 1.89. The van der Waals surface area contributed by atoms with Crippen LogP contribution in [0.5, 0.6) is 0 Å². The SMILES string of the molecule is CC(C)(C)c1ccc(F)c2cn[nH]c12. The van der Waals surface area contributed by atoms with Crippen LogP contribution in [-0.4, -0.2) is 10.2 Å².